The van der Waals surface area contributed by atoms with Crippen molar-refractivity contribution in [2.24, 2.45) is 0 Å². The van der Waals surface area contributed by atoms with Gasteiger partial charge >= 0.3 is 0 Å². The first kappa shape index (κ1) is 23.3. The van der Waals surface area contributed by atoms with Crippen LogP contribution in [0.3, 0.4) is 0 Å². The van der Waals surface area contributed by atoms with Gasteiger partial charge in [-0.15, -0.1) is 0 Å². The minimum atomic E-state index is -3.76. The van der Waals surface area contributed by atoms with Gasteiger partial charge in [-0.2, -0.15) is 0 Å². The summed E-state index contributed by atoms with van der Waals surface area (Å²) in [6.45, 7) is 3.36. The van der Waals surface area contributed by atoms with Crippen molar-refractivity contribution in [2.45, 2.75) is 25.9 Å². The summed E-state index contributed by atoms with van der Waals surface area (Å²) in [6.07, 6.45) is 1.06. The Bertz CT molecular complexity index is 975. The number of hydrogen-bond donors (Lipinski definition) is 1. The molecule has 0 saturated carbocycles. The highest BCUT2D eigenvalue weighted by molar-refractivity contribution is 7.92. The average molecular weight is 437 g/mol. The number of methoxy groups -OCH3 is 3. The maximum absolute atomic E-state index is 12.9. The Morgan fingerprint density at radius 2 is 1.53 bits per heavy atom. The molecule has 0 radical (unpaired) electrons. The fourth-order valence-corrected chi connectivity index (χ4v) is 4.25. The molecule has 30 heavy (non-hydrogen) atoms. The maximum Gasteiger partial charge on any atom is 0.244 e. The van der Waals surface area contributed by atoms with E-state index in [2.05, 4.69) is 5.32 Å². The van der Waals surface area contributed by atoms with E-state index in [1.54, 1.807) is 31.4 Å². The zero-order chi connectivity index (χ0) is 22.5. The van der Waals surface area contributed by atoms with Gasteiger partial charge in [0.1, 0.15) is 11.8 Å². The van der Waals surface area contributed by atoms with Crippen LogP contribution in [0.15, 0.2) is 42.5 Å². The van der Waals surface area contributed by atoms with Crippen molar-refractivity contribution in [2.75, 3.05) is 31.9 Å². The quantitative estimate of drug-likeness (QED) is 0.650. The first-order valence-corrected chi connectivity index (χ1v) is 11.1. The Labute approximate surface area is 177 Å². The largest absolute Gasteiger partial charge is 0.497 e. The molecule has 2 rings (SSSR count). The van der Waals surface area contributed by atoms with Crippen LogP contribution in [0, 0.1) is 0 Å². The molecule has 0 bridgehead atoms. The molecule has 2 atom stereocenters. The SMILES string of the molecule is COc1ccc([C@@H](C)NC(=O)[C@H](C)N(c2ccc(OC)c(OC)c2)S(C)(=O)=O)cc1. The lowest BCUT2D eigenvalue weighted by molar-refractivity contribution is -0.122. The van der Waals surface area contributed by atoms with Gasteiger partial charge in [-0.25, -0.2) is 8.42 Å². The number of benzene rings is 2. The summed E-state index contributed by atoms with van der Waals surface area (Å²) in [5, 5.41) is 2.87. The molecule has 0 spiro atoms. The number of carbonyl (C=O) groups is 1. The molecule has 0 aliphatic heterocycles. The second-order valence-corrected chi connectivity index (χ2v) is 8.64. The fourth-order valence-electron chi connectivity index (χ4n) is 3.08. The van der Waals surface area contributed by atoms with Crippen LogP contribution in [0.5, 0.6) is 17.2 Å². The molecule has 0 aliphatic carbocycles. The molecule has 1 amide bonds. The summed E-state index contributed by atoms with van der Waals surface area (Å²) in [5.74, 6) is 1.10. The predicted octanol–water partition coefficient (Wildman–Crippen LogP) is 2.74. The van der Waals surface area contributed by atoms with Gasteiger partial charge in [-0.1, -0.05) is 12.1 Å². The van der Waals surface area contributed by atoms with Crippen LogP contribution in [-0.4, -0.2) is 48.0 Å². The van der Waals surface area contributed by atoms with Crippen LogP contribution in [0.2, 0.25) is 0 Å². The van der Waals surface area contributed by atoms with E-state index in [1.807, 2.05) is 19.1 Å². The van der Waals surface area contributed by atoms with Crippen molar-refractivity contribution in [3.63, 3.8) is 0 Å². The normalized spacial score (nSPS) is 13.1. The minimum absolute atomic E-state index is 0.301. The number of nitrogens with one attached hydrogen (secondary N) is 1. The van der Waals surface area contributed by atoms with Crippen LogP contribution >= 0.6 is 0 Å². The summed E-state index contributed by atoms with van der Waals surface area (Å²) < 4.78 is 41.7. The molecule has 1 N–H and O–H groups in total. The summed E-state index contributed by atoms with van der Waals surface area (Å²) in [4.78, 5) is 12.9. The smallest absolute Gasteiger partial charge is 0.244 e. The Morgan fingerprint density at radius 3 is 2.03 bits per heavy atom. The molecule has 2 aromatic carbocycles. The highest BCUT2D eigenvalue weighted by Gasteiger charge is 2.30. The second-order valence-electron chi connectivity index (χ2n) is 6.78. The predicted molar refractivity (Wildman–Crippen MR) is 116 cm³/mol. The van der Waals surface area contributed by atoms with Crippen LogP contribution in [0.25, 0.3) is 0 Å². The number of ether oxygens (including phenoxy) is 3. The van der Waals surface area contributed by atoms with Gasteiger partial charge in [-0.3, -0.25) is 9.10 Å². The standard InChI is InChI=1S/C21H28N2O6S/c1-14(16-7-10-18(27-3)11-8-16)22-21(24)15(2)23(30(6,25)26)17-9-12-19(28-4)20(13-17)29-5/h7-15H,1-6H3,(H,22,24)/t14-,15+/m1/s1. The molecule has 0 aliphatic rings. The summed E-state index contributed by atoms with van der Waals surface area (Å²) in [6, 6.07) is 10.7. The topological polar surface area (TPSA) is 94.2 Å². The summed E-state index contributed by atoms with van der Waals surface area (Å²) >= 11 is 0. The van der Waals surface area contributed by atoms with Crippen molar-refractivity contribution >= 4 is 21.6 Å². The van der Waals surface area contributed by atoms with Gasteiger partial charge in [0.2, 0.25) is 15.9 Å². The van der Waals surface area contributed by atoms with Crippen LogP contribution < -0.4 is 23.8 Å². The van der Waals surface area contributed by atoms with Gasteiger partial charge in [-0.05, 0) is 43.7 Å². The number of nitrogens with zero attached hydrogens (tertiary/aromatic N) is 1. The van der Waals surface area contributed by atoms with Crippen LogP contribution in [0.4, 0.5) is 5.69 Å². The summed E-state index contributed by atoms with van der Waals surface area (Å²) in [7, 11) is 0.769. The molecule has 9 heteroatoms. The van der Waals surface area contributed by atoms with Gasteiger partial charge in [0.25, 0.3) is 0 Å². The van der Waals surface area contributed by atoms with E-state index in [9.17, 15) is 13.2 Å². The number of hydrogen-bond acceptors (Lipinski definition) is 6. The Kier molecular flexibility index (Phi) is 7.55. The lowest BCUT2D eigenvalue weighted by atomic mass is 10.1. The average Bonchev–Trinajstić information content (AvgIpc) is 2.72. The molecule has 164 valence electrons. The van der Waals surface area contributed by atoms with Crippen molar-refractivity contribution in [3.05, 3.63) is 48.0 Å². The van der Waals surface area contributed by atoms with Crippen molar-refractivity contribution in [1.82, 2.24) is 5.32 Å². The zero-order valence-corrected chi connectivity index (χ0v) is 18.8. The van der Waals surface area contributed by atoms with Gasteiger partial charge < -0.3 is 19.5 Å². The molecule has 8 nitrogen and oxygen atoms in total. The lowest BCUT2D eigenvalue weighted by Crippen LogP contribution is -2.48. The van der Waals surface area contributed by atoms with Crippen molar-refractivity contribution in [1.29, 1.82) is 0 Å². The highest BCUT2D eigenvalue weighted by Crippen LogP contribution is 2.33. The summed E-state index contributed by atoms with van der Waals surface area (Å²) in [5.41, 5.74) is 1.17. The fraction of sp³-hybridized carbons (Fsp3) is 0.381. The van der Waals surface area contributed by atoms with Gasteiger partial charge in [0.05, 0.1) is 39.3 Å². The number of sulfonamides is 1. The van der Waals surface area contributed by atoms with Crippen molar-refractivity contribution in [3.8, 4) is 17.2 Å². The molecule has 0 unspecified atom stereocenters. The number of rotatable bonds is 9. The van der Waals surface area contributed by atoms with E-state index in [0.717, 1.165) is 16.1 Å². The van der Waals surface area contributed by atoms with E-state index >= 15 is 0 Å². The molecule has 0 aromatic heterocycles. The third kappa shape index (κ3) is 5.35. The van der Waals surface area contributed by atoms with E-state index in [4.69, 9.17) is 14.2 Å². The third-order valence-corrected chi connectivity index (χ3v) is 5.93. The Morgan fingerprint density at radius 1 is 0.933 bits per heavy atom. The molecule has 2 aromatic rings. The molecule has 0 fully saturated rings. The Balaban J connectivity index is 2.28. The number of amides is 1. The third-order valence-electron chi connectivity index (χ3n) is 4.68. The number of anilines is 1. The Hall–Kier alpha value is -2.94. The highest BCUT2D eigenvalue weighted by atomic mass is 32.2. The first-order chi connectivity index (χ1) is 14.1. The molecule has 0 saturated heterocycles. The lowest BCUT2D eigenvalue weighted by Gasteiger charge is -2.29. The van der Waals surface area contributed by atoms with Crippen molar-refractivity contribution < 1.29 is 27.4 Å². The monoisotopic (exact) mass is 436 g/mol. The van der Waals surface area contributed by atoms with E-state index < -0.39 is 22.0 Å². The molecular weight excluding hydrogens is 408 g/mol. The van der Waals surface area contributed by atoms with E-state index in [-0.39, 0.29) is 6.04 Å². The number of carbonyl (C=O) groups excluding carboxylic acids is 1. The van der Waals surface area contributed by atoms with Gasteiger partial charge in [0.15, 0.2) is 11.5 Å². The van der Waals surface area contributed by atoms with Gasteiger partial charge in [0, 0.05) is 6.07 Å². The maximum atomic E-state index is 12.9. The molecular formula is C21H28N2O6S. The van der Waals surface area contributed by atoms with Crippen LogP contribution in [0.1, 0.15) is 25.5 Å². The van der Waals surface area contributed by atoms with E-state index in [0.29, 0.717) is 22.9 Å². The molecule has 0 heterocycles. The second kappa shape index (κ2) is 9.71. The minimum Gasteiger partial charge on any atom is -0.497 e. The van der Waals surface area contributed by atoms with Crippen LogP contribution in [-0.2, 0) is 14.8 Å². The zero-order valence-electron chi connectivity index (χ0n) is 18.0. The first-order valence-electron chi connectivity index (χ1n) is 9.28. The van der Waals surface area contributed by atoms with E-state index in [1.165, 1.54) is 27.2 Å².